The summed E-state index contributed by atoms with van der Waals surface area (Å²) in [5, 5.41) is 7.38. The molecule has 0 saturated carbocycles. The van der Waals surface area contributed by atoms with Crippen molar-refractivity contribution in [3.8, 4) is 11.5 Å². The van der Waals surface area contributed by atoms with Gasteiger partial charge < -0.3 is 14.8 Å². The number of rotatable bonds is 4. The van der Waals surface area contributed by atoms with Crippen molar-refractivity contribution in [3.05, 3.63) is 47.0 Å². The van der Waals surface area contributed by atoms with Crippen molar-refractivity contribution in [2.45, 2.75) is 39.7 Å². The van der Waals surface area contributed by atoms with Gasteiger partial charge in [-0.15, -0.1) is 5.10 Å². The fraction of sp³-hybridized carbons (Fsp3) is 0.400. The van der Waals surface area contributed by atoms with Gasteiger partial charge >= 0.3 is 0 Å². The fourth-order valence-corrected chi connectivity index (χ4v) is 3.25. The molecule has 2 aromatic heterocycles. The third-order valence-corrected chi connectivity index (χ3v) is 4.63. The maximum absolute atomic E-state index is 12.5. The molecule has 0 saturated heterocycles. The zero-order valence-electron chi connectivity index (χ0n) is 16.2. The number of carbonyl (C=O) groups is 1. The van der Waals surface area contributed by atoms with Gasteiger partial charge in [0.15, 0.2) is 17.3 Å². The van der Waals surface area contributed by atoms with E-state index in [0.717, 1.165) is 34.9 Å². The third-order valence-electron chi connectivity index (χ3n) is 4.63. The first kappa shape index (κ1) is 18.2. The van der Waals surface area contributed by atoms with E-state index in [0.29, 0.717) is 24.8 Å². The molecule has 1 aromatic carbocycles. The lowest BCUT2D eigenvalue weighted by Gasteiger charge is -2.16. The van der Waals surface area contributed by atoms with Crippen molar-refractivity contribution < 1.29 is 14.3 Å². The molecule has 1 aliphatic heterocycles. The van der Waals surface area contributed by atoms with Crippen molar-refractivity contribution in [1.82, 2.24) is 24.9 Å². The van der Waals surface area contributed by atoms with Crippen molar-refractivity contribution in [1.29, 1.82) is 0 Å². The SMILES string of the molecule is Cc1cc(C)n2nc(CC(=O)N[C@H](C)c3ccc4c(c3)OCCCO4)nc2n1. The van der Waals surface area contributed by atoms with E-state index in [1.807, 2.05) is 45.0 Å². The normalized spacial score (nSPS) is 14.5. The van der Waals surface area contributed by atoms with Gasteiger partial charge in [-0.05, 0) is 44.5 Å². The lowest BCUT2D eigenvalue weighted by atomic mass is 10.1. The van der Waals surface area contributed by atoms with Crippen molar-refractivity contribution >= 4 is 11.7 Å². The molecule has 3 heterocycles. The van der Waals surface area contributed by atoms with Crippen molar-refractivity contribution in [2.75, 3.05) is 13.2 Å². The van der Waals surface area contributed by atoms with E-state index in [-0.39, 0.29) is 18.4 Å². The molecule has 28 heavy (non-hydrogen) atoms. The molecule has 0 aliphatic carbocycles. The first-order chi connectivity index (χ1) is 13.5. The molecule has 8 nitrogen and oxygen atoms in total. The molecule has 1 aliphatic rings. The Hall–Kier alpha value is -3.16. The van der Waals surface area contributed by atoms with Crippen molar-refractivity contribution in [2.24, 2.45) is 0 Å². The van der Waals surface area contributed by atoms with Gasteiger partial charge in [-0.2, -0.15) is 4.98 Å². The van der Waals surface area contributed by atoms with Crippen LogP contribution in [0.5, 0.6) is 11.5 Å². The predicted molar refractivity (Wildman–Crippen MR) is 103 cm³/mol. The molecule has 4 rings (SSSR count). The summed E-state index contributed by atoms with van der Waals surface area (Å²) < 4.78 is 13.0. The first-order valence-electron chi connectivity index (χ1n) is 9.38. The maximum atomic E-state index is 12.5. The summed E-state index contributed by atoms with van der Waals surface area (Å²) in [5.41, 5.74) is 2.76. The number of nitrogens with one attached hydrogen (secondary N) is 1. The molecule has 146 valence electrons. The average Bonchev–Trinajstić information content (AvgIpc) is 2.89. The van der Waals surface area contributed by atoms with Gasteiger partial charge in [-0.3, -0.25) is 4.79 Å². The molecule has 0 fully saturated rings. The summed E-state index contributed by atoms with van der Waals surface area (Å²) in [4.78, 5) is 21.2. The van der Waals surface area contributed by atoms with Gasteiger partial charge in [0.2, 0.25) is 5.91 Å². The summed E-state index contributed by atoms with van der Waals surface area (Å²) in [6.45, 7) is 7.06. The van der Waals surface area contributed by atoms with Crippen LogP contribution in [0.2, 0.25) is 0 Å². The average molecular weight is 381 g/mol. The molecule has 0 unspecified atom stereocenters. The lowest BCUT2D eigenvalue weighted by Crippen LogP contribution is -2.28. The Morgan fingerprint density at radius 2 is 1.96 bits per heavy atom. The highest BCUT2D eigenvalue weighted by Gasteiger charge is 2.17. The summed E-state index contributed by atoms with van der Waals surface area (Å²) in [6, 6.07) is 7.50. The number of hydrogen-bond donors (Lipinski definition) is 1. The highest BCUT2D eigenvalue weighted by molar-refractivity contribution is 5.78. The minimum Gasteiger partial charge on any atom is -0.490 e. The van der Waals surface area contributed by atoms with Gasteiger partial charge in [-0.25, -0.2) is 9.50 Å². The van der Waals surface area contributed by atoms with Crippen LogP contribution in [0.15, 0.2) is 24.3 Å². The van der Waals surface area contributed by atoms with Gasteiger partial charge in [0.25, 0.3) is 5.78 Å². The smallest absolute Gasteiger partial charge is 0.252 e. The Morgan fingerprint density at radius 3 is 2.79 bits per heavy atom. The second-order valence-electron chi connectivity index (χ2n) is 7.00. The highest BCUT2D eigenvalue weighted by Crippen LogP contribution is 2.32. The zero-order valence-corrected chi connectivity index (χ0v) is 16.2. The third kappa shape index (κ3) is 3.76. The van der Waals surface area contributed by atoms with E-state index in [9.17, 15) is 4.79 Å². The number of amides is 1. The van der Waals surface area contributed by atoms with E-state index in [2.05, 4.69) is 20.4 Å². The van der Waals surface area contributed by atoms with Gasteiger partial charge in [-0.1, -0.05) is 6.07 Å². The maximum Gasteiger partial charge on any atom is 0.252 e. The molecule has 1 amide bonds. The minimum atomic E-state index is -0.177. The van der Waals surface area contributed by atoms with Gasteiger partial charge in [0, 0.05) is 17.8 Å². The van der Waals surface area contributed by atoms with E-state index < -0.39 is 0 Å². The van der Waals surface area contributed by atoms with Crippen molar-refractivity contribution in [3.63, 3.8) is 0 Å². The summed E-state index contributed by atoms with van der Waals surface area (Å²) in [6.07, 6.45) is 0.951. The summed E-state index contributed by atoms with van der Waals surface area (Å²) in [7, 11) is 0. The number of aromatic nitrogens is 4. The van der Waals surface area contributed by atoms with Crippen LogP contribution < -0.4 is 14.8 Å². The van der Waals surface area contributed by atoms with E-state index in [1.54, 1.807) is 4.52 Å². The Balaban J connectivity index is 1.45. The molecule has 8 heteroatoms. The number of ether oxygens (including phenoxy) is 2. The molecule has 1 N–H and O–H groups in total. The number of nitrogens with zero attached hydrogens (tertiary/aromatic N) is 4. The van der Waals surface area contributed by atoms with E-state index in [1.165, 1.54) is 0 Å². The molecule has 1 atom stereocenters. The monoisotopic (exact) mass is 381 g/mol. The number of aryl methyl sites for hydroxylation is 2. The van der Waals surface area contributed by atoms with Crippen LogP contribution >= 0.6 is 0 Å². The quantitative estimate of drug-likeness (QED) is 0.746. The van der Waals surface area contributed by atoms with Crippen LogP contribution in [0.4, 0.5) is 0 Å². The first-order valence-corrected chi connectivity index (χ1v) is 9.38. The second-order valence-corrected chi connectivity index (χ2v) is 7.00. The van der Waals surface area contributed by atoms with E-state index in [4.69, 9.17) is 9.47 Å². The fourth-order valence-electron chi connectivity index (χ4n) is 3.25. The number of benzene rings is 1. The number of fused-ring (bicyclic) bond motifs is 2. The zero-order chi connectivity index (χ0) is 19.7. The van der Waals surface area contributed by atoms with E-state index >= 15 is 0 Å². The number of carbonyl (C=O) groups excluding carboxylic acids is 1. The van der Waals surface area contributed by atoms with Crippen LogP contribution in [0.25, 0.3) is 5.78 Å². The largest absolute Gasteiger partial charge is 0.490 e. The molecule has 3 aromatic rings. The Labute approximate surface area is 162 Å². The Morgan fingerprint density at radius 1 is 1.18 bits per heavy atom. The summed E-state index contributed by atoms with van der Waals surface area (Å²) in [5.74, 6) is 2.27. The molecule has 0 bridgehead atoms. The standard InChI is InChI=1S/C20H23N5O3/c1-12-9-13(2)25-20(21-12)23-18(24-25)11-19(26)22-14(3)15-5-6-16-17(10-15)28-8-4-7-27-16/h5-6,9-10,14H,4,7-8,11H2,1-3H3,(H,22,26)/t14-/m1/s1. The van der Waals surface area contributed by atoms with Gasteiger partial charge in [0.1, 0.15) is 0 Å². The molecular formula is C20H23N5O3. The van der Waals surface area contributed by atoms with Gasteiger partial charge in [0.05, 0.1) is 25.7 Å². The number of hydrogen-bond acceptors (Lipinski definition) is 6. The minimum absolute atomic E-state index is 0.0940. The summed E-state index contributed by atoms with van der Waals surface area (Å²) >= 11 is 0. The highest BCUT2D eigenvalue weighted by atomic mass is 16.5. The molecule has 0 spiro atoms. The van der Waals surface area contributed by atoms with Crippen LogP contribution in [-0.2, 0) is 11.2 Å². The Kier molecular flexibility index (Phi) is 4.85. The second kappa shape index (κ2) is 7.46. The predicted octanol–water partition coefficient (Wildman–Crippen LogP) is 2.32. The van der Waals surface area contributed by atoms with Crippen LogP contribution in [0.1, 0.15) is 42.2 Å². The van der Waals surface area contributed by atoms with Crippen LogP contribution in [0, 0.1) is 13.8 Å². The lowest BCUT2D eigenvalue weighted by molar-refractivity contribution is -0.121. The van der Waals surface area contributed by atoms with Crippen LogP contribution in [-0.4, -0.2) is 38.7 Å². The molecular weight excluding hydrogens is 358 g/mol. The topological polar surface area (TPSA) is 90.6 Å². The Bertz CT molecular complexity index is 1030. The molecule has 0 radical (unpaired) electrons. The van der Waals surface area contributed by atoms with Crippen LogP contribution in [0.3, 0.4) is 0 Å².